The van der Waals surface area contributed by atoms with Crippen LogP contribution >= 0.6 is 0 Å². The molecule has 0 amide bonds. The highest BCUT2D eigenvalue weighted by Gasteiger charge is 2.19. The monoisotopic (exact) mass is 216 g/mol. The summed E-state index contributed by atoms with van der Waals surface area (Å²) in [7, 11) is 4.21. The molecule has 0 aromatic rings. The summed E-state index contributed by atoms with van der Waals surface area (Å²) in [5.41, 5.74) is 0.0220. The second kappa shape index (κ2) is 7.20. The molecule has 0 heterocycles. The van der Waals surface area contributed by atoms with Crippen molar-refractivity contribution in [2.45, 2.75) is 27.2 Å². The fraction of sp³-hybridized carbons (Fsp3) is 1.00. The summed E-state index contributed by atoms with van der Waals surface area (Å²) in [5.74, 6) is 0. The Morgan fingerprint density at radius 1 is 1.13 bits per heavy atom. The van der Waals surface area contributed by atoms with Gasteiger partial charge in [0.2, 0.25) is 0 Å². The molecule has 0 bridgehead atoms. The van der Waals surface area contributed by atoms with E-state index in [2.05, 4.69) is 44.7 Å². The van der Waals surface area contributed by atoms with Gasteiger partial charge in [-0.2, -0.15) is 0 Å². The molecule has 0 saturated carbocycles. The second-order valence-corrected chi connectivity index (χ2v) is 5.35. The lowest BCUT2D eigenvalue weighted by Gasteiger charge is -2.30. The van der Waals surface area contributed by atoms with Crippen molar-refractivity contribution in [2.24, 2.45) is 5.41 Å². The van der Waals surface area contributed by atoms with Crippen LogP contribution in [-0.2, 0) is 0 Å². The Kier molecular flexibility index (Phi) is 7.14. The van der Waals surface area contributed by atoms with Crippen LogP contribution in [0, 0.1) is 5.41 Å². The summed E-state index contributed by atoms with van der Waals surface area (Å²) in [6.45, 7) is 11.0. The van der Waals surface area contributed by atoms with Gasteiger partial charge in [0.1, 0.15) is 0 Å². The summed E-state index contributed by atoms with van der Waals surface area (Å²) in [6.07, 6.45) is 1.20. The van der Waals surface area contributed by atoms with E-state index in [9.17, 15) is 5.11 Å². The predicted octanol–water partition coefficient (Wildman–Crippen LogP) is 1.28. The van der Waals surface area contributed by atoms with Crippen molar-refractivity contribution in [1.29, 1.82) is 0 Å². The van der Waals surface area contributed by atoms with Crippen LogP contribution < -0.4 is 0 Å². The molecule has 0 atom stereocenters. The van der Waals surface area contributed by atoms with Gasteiger partial charge in [0.05, 0.1) is 0 Å². The normalized spacial score (nSPS) is 12.8. The van der Waals surface area contributed by atoms with Gasteiger partial charge in [-0.25, -0.2) is 0 Å². The molecular weight excluding hydrogens is 188 g/mol. The highest BCUT2D eigenvalue weighted by atomic mass is 16.3. The SMILES string of the molecule is CCN(CCCN(C)C)CC(C)(C)CO. The lowest BCUT2D eigenvalue weighted by Crippen LogP contribution is -2.37. The van der Waals surface area contributed by atoms with Crippen LogP contribution in [0.5, 0.6) is 0 Å². The number of aliphatic hydroxyl groups is 1. The Morgan fingerprint density at radius 3 is 2.13 bits per heavy atom. The van der Waals surface area contributed by atoms with Crippen LogP contribution in [0.1, 0.15) is 27.2 Å². The molecule has 0 aliphatic heterocycles. The van der Waals surface area contributed by atoms with Crippen molar-refractivity contribution in [1.82, 2.24) is 9.80 Å². The second-order valence-electron chi connectivity index (χ2n) is 5.35. The highest BCUT2D eigenvalue weighted by molar-refractivity contribution is 4.72. The van der Waals surface area contributed by atoms with E-state index in [0.29, 0.717) is 0 Å². The maximum Gasteiger partial charge on any atom is 0.0494 e. The van der Waals surface area contributed by atoms with Gasteiger partial charge in [-0.3, -0.25) is 0 Å². The third-order valence-electron chi connectivity index (χ3n) is 2.61. The minimum atomic E-state index is 0.0220. The summed E-state index contributed by atoms with van der Waals surface area (Å²) in [5, 5.41) is 9.22. The van der Waals surface area contributed by atoms with Crippen LogP contribution in [0.2, 0.25) is 0 Å². The molecule has 3 nitrogen and oxygen atoms in total. The molecule has 92 valence electrons. The fourth-order valence-corrected chi connectivity index (χ4v) is 1.61. The van der Waals surface area contributed by atoms with Crippen LogP contribution in [-0.4, -0.2) is 61.8 Å². The van der Waals surface area contributed by atoms with Crippen LogP contribution in [0.25, 0.3) is 0 Å². The number of aliphatic hydroxyl groups excluding tert-OH is 1. The maximum absolute atomic E-state index is 9.22. The van der Waals surface area contributed by atoms with Gasteiger partial charge in [-0.15, -0.1) is 0 Å². The first-order chi connectivity index (χ1) is 6.91. The van der Waals surface area contributed by atoms with E-state index >= 15 is 0 Å². The van der Waals surface area contributed by atoms with Crippen molar-refractivity contribution >= 4 is 0 Å². The summed E-state index contributed by atoms with van der Waals surface area (Å²) in [6, 6.07) is 0. The zero-order valence-electron chi connectivity index (χ0n) is 11.1. The third kappa shape index (κ3) is 7.77. The van der Waals surface area contributed by atoms with Crippen LogP contribution in [0.4, 0.5) is 0 Å². The third-order valence-corrected chi connectivity index (χ3v) is 2.61. The largest absolute Gasteiger partial charge is 0.396 e. The minimum absolute atomic E-state index is 0.0220. The first kappa shape index (κ1) is 14.9. The molecule has 15 heavy (non-hydrogen) atoms. The topological polar surface area (TPSA) is 26.7 Å². The van der Waals surface area contributed by atoms with Crippen molar-refractivity contribution in [3.8, 4) is 0 Å². The van der Waals surface area contributed by atoms with E-state index in [1.54, 1.807) is 0 Å². The molecule has 0 aromatic heterocycles. The van der Waals surface area contributed by atoms with Crippen molar-refractivity contribution in [2.75, 3.05) is 46.9 Å². The Labute approximate surface area is 95.1 Å². The van der Waals surface area contributed by atoms with Gasteiger partial charge >= 0.3 is 0 Å². The highest BCUT2D eigenvalue weighted by Crippen LogP contribution is 2.15. The quantitative estimate of drug-likeness (QED) is 0.662. The fourth-order valence-electron chi connectivity index (χ4n) is 1.61. The maximum atomic E-state index is 9.22. The van der Waals surface area contributed by atoms with E-state index in [1.807, 2.05) is 0 Å². The predicted molar refractivity (Wildman–Crippen MR) is 66.2 cm³/mol. The number of hydrogen-bond acceptors (Lipinski definition) is 3. The Bertz CT molecular complexity index is 158. The molecule has 3 heteroatoms. The summed E-state index contributed by atoms with van der Waals surface area (Å²) >= 11 is 0. The molecule has 0 aromatic carbocycles. The minimum Gasteiger partial charge on any atom is -0.396 e. The van der Waals surface area contributed by atoms with Crippen molar-refractivity contribution in [3.63, 3.8) is 0 Å². The van der Waals surface area contributed by atoms with Crippen molar-refractivity contribution in [3.05, 3.63) is 0 Å². The van der Waals surface area contributed by atoms with Crippen LogP contribution in [0.15, 0.2) is 0 Å². The van der Waals surface area contributed by atoms with Gasteiger partial charge in [0.25, 0.3) is 0 Å². The molecular formula is C12H28N2O. The number of hydrogen-bond donors (Lipinski definition) is 1. The van der Waals surface area contributed by atoms with E-state index < -0.39 is 0 Å². The van der Waals surface area contributed by atoms with E-state index in [4.69, 9.17) is 0 Å². The van der Waals surface area contributed by atoms with E-state index in [1.165, 1.54) is 6.42 Å². The van der Waals surface area contributed by atoms with Crippen molar-refractivity contribution < 1.29 is 5.11 Å². The van der Waals surface area contributed by atoms with Gasteiger partial charge in [-0.1, -0.05) is 20.8 Å². The van der Waals surface area contributed by atoms with Crippen LogP contribution in [0.3, 0.4) is 0 Å². The zero-order chi connectivity index (χ0) is 11.9. The Balaban J connectivity index is 3.82. The zero-order valence-corrected chi connectivity index (χ0v) is 11.1. The first-order valence-electron chi connectivity index (χ1n) is 5.89. The lowest BCUT2D eigenvalue weighted by atomic mass is 9.94. The smallest absolute Gasteiger partial charge is 0.0494 e. The van der Waals surface area contributed by atoms with Gasteiger partial charge in [0, 0.05) is 18.6 Å². The summed E-state index contributed by atoms with van der Waals surface area (Å²) in [4.78, 5) is 4.63. The average Bonchev–Trinajstić information content (AvgIpc) is 2.15. The van der Waals surface area contributed by atoms with Gasteiger partial charge in [0.15, 0.2) is 0 Å². The molecule has 0 unspecified atom stereocenters. The summed E-state index contributed by atoms with van der Waals surface area (Å²) < 4.78 is 0. The molecule has 0 fully saturated rings. The molecule has 0 spiro atoms. The molecule has 0 aliphatic carbocycles. The van der Waals surface area contributed by atoms with Gasteiger partial charge in [-0.05, 0) is 40.2 Å². The Hall–Kier alpha value is -0.120. The molecule has 0 rings (SSSR count). The average molecular weight is 216 g/mol. The Morgan fingerprint density at radius 2 is 1.73 bits per heavy atom. The standard InChI is InChI=1S/C12H28N2O/c1-6-14(9-7-8-13(4)5)10-12(2,3)11-15/h15H,6-11H2,1-5H3. The molecule has 0 aliphatic rings. The molecule has 0 saturated heterocycles. The van der Waals surface area contributed by atoms with E-state index in [0.717, 1.165) is 26.2 Å². The molecule has 0 radical (unpaired) electrons. The molecule has 1 N–H and O–H groups in total. The number of nitrogens with zero attached hydrogens (tertiary/aromatic N) is 2. The van der Waals surface area contributed by atoms with Gasteiger partial charge < -0.3 is 14.9 Å². The first-order valence-corrected chi connectivity index (χ1v) is 5.89. The number of rotatable bonds is 8. The lowest BCUT2D eigenvalue weighted by molar-refractivity contribution is 0.104. The van der Waals surface area contributed by atoms with E-state index in [-0.39, 0.29) is 12.0 Å².